The fourth-order valence-corrected chi connectivity index (χ4v) is 2.75. The molecule has 0 amide bonds. The molecule has 0 spiro atoms. The standard InChI is InChI=1S/C13H18BrNO2/c1-9-6-15(7-10(2)17-9)8-11-4-3-5-12(14)13(11)16/h3-5,9-10,16H,6-8H2,1-2H3/t9-,10+. The molecule has 1 aromatic carbocycles. The molecule has 94 valence electrons. The maximum Gasteiger partial charge on any atom is 0.134 e. The van der Waals surface area contributed by atoms with Gasteiger partial charge in [0.2, 0.25) is 0 Å². The first-order valence-corrected chi connectivity index (χ1v) is 6.69. The van der Waals surface area contributed by atoms with Crippen LogP contribution < -0.4 is 0 Å². The molecule has 1 aromatic rings. The Balaban J connectivity index is 2.07. The molecule has 0 bridgehead atoms. The van der Waals surface area contributed by atoms with Crippen LogP contribution in [0.1, 0.15) is 19.4 Å². The molecule has 0 aliphatic carbocycles. The molecule has 2 atom stereocenters. The number of morpholine rings is 1. The number of rotatable bonds is 2. The number of phenolic OH excluding ortho intramolecular Hbond substituents is 1. The van der Waals surface area contributed by atoms with Gasteiger partial charge in [0.25, 0.3) is 0 Å². The fraction of sp³-hybridized carbons (Fsp3) is 0.538. The van der Waals surface area contributed by atoms with Gasteiger partial charge in [0.1, 0.15) is 5.75 Å². The van der Waals surface area contributed by atoms with E-state index in [4.69, 9.17) is 4.74 Å². The van der Waals surface area contributed by atoms with Crippen LogP contribution in [0.4, 0.5) is 0 Å². The molecular formula is C13H18BrNO2. The third-order valence-electron chi connectivity index (χ3n) is 2.96. The first kappa shape index (κ1) is 12.9. The number of aromatic hydroxyl groups is 1. The lowest BCUT2D eigenvalue weighted by atomic mass is 10.1. The summed E-state index contributed by atoms with van der Waals surface area (Å²) in [7, 11) is 0. The topological polar surface area (TPSA) is 32.7 Å². The zero-order valence-corrected chi connectivity index (χ0v) is 11.8. The SMILES string of the molecule is C[C@@H]1CN(Cc2cccc(Br)c2O)C[C@H](C)O1. The van der Waals surface area contributed by atoms with Gasteiger partial charge >= 0.3 is 0 Å². The third-order valence-corrected chi connectivity index (χ3v) is 3.60. The molecule has 1 heterocycles. The van der Waals surface area contributed by atoms with E-state index >= 15 is 0 Å². The summed E-state index contributed by atoms with van der Waals surface area (Å²) in [5, 5.41) is 9.96. The smallest absolute Gasteiger partial charge is 0.134 e. The normalized spacial score (nSPS) is 26.1. The van der Waals surface area contributed by atoms with E-state index in [0.717, 1.165) is 29.7 Å². The van der Waals surface area contributed by atoms with Crippen LogP contribution in [0, 0.1) is 0 Å². The highest BCUT2D eigenvalue weighted by Gasteiger charge is 2.22. The molecule has 0 radical (unpaired) electrons. The second-order valence-electron chi connectivity index (χ2n) is 4.70. The van der Waals surface area contributed by atoms with Gasteiger partial charge in [-0.15, -0.1) is 0 Å². The lowest BCUT2D eigenvalue weighted by molar-refractivity contribution is -0.0706. The first-order valence-electron chi connectivity index (χ1n) is 5.90. The van der Waals surface area contributed by atoms with Gasteiger partial charge in [-0.25, -0.2) is 0 Å². The van der Waals surface area contributed by atoms with Gasteiger partial charge in [-0.3, -0.25) is 4.90 Å². The van der Waals surface area contributed by atoms with Crippen molar-refractivity contribution in [3.63, 3.8) is 0 Å². The maximum atomic E-state index is 9.96. The van der Waals surface area contributed by atoms with Crippen LogP contribution >= 0.6 is 15.9 Å². The Hall–Kier alpha value is -0.580. The Kier molecular flexibility index (Phi) is 4.07. The van der Waals surface area contributed by atoms with Crippen molar-refractivity contribution in [1.29, 1.82) is 0 Å². The van der Waals surface area contributed by atoms with Gasteiger partial charge in [-0.05, 0) is 35.8 Å². The van der Waals surface area contributed by atoms with Gasteiger partial charge in [0.15, 0.2) is 0 Å². The van der Waals surface area contributed by atoms with E-state index in [9.17, 15) is 5.11 Å². The number of ether oxygens (including phenoxy) is 1. The summed E-state index contributed by atoms with van der Waals surface area (Å²) in [6.07, 6.45) is 0.515. The van der Waals surface area contributed by atoms with Gasteiger partial charge in [-0.2, -0.15) is 0 Å². The number of phenols is 1. The van der Waals surface area contributed by atoms with Crippen molar-refractivity contribution in [3.05, 3.63) is 28.2 Å². The Morgan fingerprint density at radius 1 is 1.35 bits per heavy atom. The maximum absolute atomic E-state index is 9.96. The number of hydrogen-bond acceptors (Lipinski definition) is 3. The second kappa shape index (κ2) is 5.38. The molecule has 0 unspecified atom stereocenters. The van der Waals surface area contributed by atoms with Crippen LogP contribution in [-0.4, -0.2) is 35.3 Å². The minimum Gasteiger partial charge on any atom is -0.506 e. The molecule has 1 N–H and O–H groups in total. The number of hydrogen-bond donors (Lipinski definition) is 1. The first-order chi connectivity index (χ1) is 8.06. The molecular weight excluding hydrogens is 282 g/mol. The summed E-state index contributed by atoms with van der Waals surface area (Å²) < 4.78 is 6.45. The van der Waals surface area contributed by atoms with Crippen molar-refractivity contribution in [2.24, 2.45) is 0 Å². The van der Waals surface area contributed by atoms with Crippen LogP contribution in [0.3, 0.4) is 0 Å². The second-order valence-corrected chi connectivity index (χ2v) is 5.55. The highest BCUT2D eigenvalue weighted by atomic mass is 79.9. The van der Waals surface area contributed by atoms with E-state index < -0.39 is 0 Å². The average molecular weight is 300 g/mol. The highest BCUT2D eigenvalue weighted by Crippen LogP contribution is 2.28. The minimum absolute atomic E-state index is 0.257. The van der Waals surface area contributed by atoms with Gasteiger partial charge < -0.3 is 9.84 Å². The number of benzene rings is 1. The van der Waals surface area contributed by atoms with Crippen LogP contribution in [-0.2, 0) is 11.3 Å². The van der Waals surface area contributed by atoms with Gasteiger partial charge in [0.05, 0.1) is 16.7 Å². The minimum atomic E-state index is 0.257. The van der Waals surface area contributed by atoms with Crippen LogP contribution in [0.15, 0.2) is 22.7 Å². The van der Waals surface area contributed by atoms with Crippen molar-refractivity contribution in [2.45, 2.75) is 32.6 Å². The zero-order chi connectivity index (χ0) is 12.4. The van der Waals surface area contributed by atoms with Crippen LogP contribution in [0.5, 0.6) is 5.75 Å². The summed E-state index contributed by atoms with van der Waals surface area (Å²) in [6, 6.07) is 5.76. The summed E-state index contributed by atoms with van der Waals surface area (Å²) in [5.74, 6) is 0.347. The molecule has 1 aliphatic heterocycles. The van der Waals surface area contributed by atoms with Crippen molar-refractivity contribution in [2.75, 3.05) is 13.1 Å². The molecule has 0 saturated carbocycles. The molecule has 3 nitrogen and oxygen atoms in total. The molecule has 17 heavy (non-hydrogen) atoms. The molecule has 1 saturated heterocycles. The zero-order valence-electron chi connectivity index (χ0n) is 10.2. The summed E-state index contributed by atoms with van der Waals surface area (Å²) in [6.45, 7) is 6.77. The Morgan fingerprint density at radius 3 is 2.65 bits per heavy atom. The summed E-state index contributed by atoms with van der Waals surface area (Å²) in [5.41, 5.74) is 0.959. The van der Waals surface area contributed by atoms with Gasteiger partial charge in [0, 0.05) is 25.2 Å². The number of nitrogens with zero attached hydrogens (tertiary/aromatic N) is 1. The quantitative estimate of drug-likeness (QED) is 0.911. The largest absolute Gasteiger partial charge is 0.506 e. The van der Waals surface area contributed by atoms with Crippen molar-refractivity contribution >= 4 is 15.9 Å². The molecule has 1 aliphatic rings. The van der Waals surface area contributed by atoms with Gasteiger partial charge in [-0.1, -0.05) is 12.1 Å². The van der Waals surface area contributed by atoms with E-state index in [2.05, 4.69) is 34.7 Å². The molecule has 4 heteroatoms. The average Bonchev–Trinajstić information content (AvgIpc) is 2.23. The molecule has 2 rings (SSSR count). The Bertz CT molecular complexity index is 387. The highest BCUT2D eigenvalue weighted by molar-refractivity contribution is 9.10. The van der Waals surface area contributed by atoms with Crippen LogP contribution in [0.25, 0.3) is 0 Å². The summed E-state index contributed by atoms with van der Waals surface area (Å²) >= 11 is 3.34. The lowest BCUT2D eigenvalue weighted by Gasteiger charge is -2.35. The Morgan fingerprint density at radius 2 is 2.00 bits per heavy atom. The van der Waals surface area contributed by atoms with Crippen LogP contribution in [0.2, 0.25) is 0 Å². The summed E-state index contributed by atoms with van der Waals surface area (Å²) in [4.78, 5) is 2.32. The van der Waals surface area contributed by atoms with E-state index in [0.29, 0.717) is 5.75 Å². The van der Waals surface area contributed by atoms with Crippen molar-refractivity contribution in [3.8, 4) is 5.75 Å². The van der Waals surface area contributed by atoms with E-state index in [1.54, 1.807) is 0 Å². The molecule has 1 fully saturated rings. The number of para-hydroxylation sites is 1. The predicted octanol–water partition coefficient (Wildman–Crippen LogP) is 2.76. The number of halogens is 1. The monoisotopic (exact) mass is 299 g/mol. The van der Waals surface area contributed by atoms with Crippen molar-refractivity contribution in [1.82, 2.24) is 4.90 Å². The predicted molar refractivity (Wildman–Crippen MR) is 71.1 cm³/mol. The third kappa shape index (κ3) is 3.21. The fourth-order valence-electron chi connectivity index (χ4n) is 2.34. The van der Waals surface area contributed by atoms with E-state index in [1.165, 1.54) is 0 Å². The van der Waals surface area contributed by atoms with E-state index in [-0.39, 0.29) is 12.2 Å². The lowest BCUT2D eigenvalue weighted by Crippen LogP contribution is -2.44. The molecule has 0 aromatic heterocycles. The Labute approximate surface area is 111 Å². The van der Waals surface area contributed by atoms with Crippen molar-refractivity contribution < 1.29 is 9.84 Å². The van der Waals surface area contributed by atoms with E-state index in [1.807, 2.05) is 18.2 Å².